The molecule has 0 fully saturated rings. The lowest BCUT2D eigenvalue weighted by Gasteiger charge is -2.05. The smallest absolute Gasteiger partial charge is 0.303 e. The largest absolute Gasteiger partial charge is 0.481 e. The Hall–Kier alpha value is -2.42. The first-order valence-electron chi connectivity index (χ1n) is 5.91. The maximum atomic E-state index is 11.3. The third-order valence-electron chi connectivity index (χ3n) is 1.97. The molecule has 102 valence electrons. The second-order valence-corrected chi connectivity index (χ2v) is 3.46. The molecule has 1 heterocycles. The van der Waals surface area contributed by atoms with E-state index in [9.17, 15) is 9.59 Å². The molecule has 2 N–H and O–H groups in total. The summed E-state index contributed by atoms with van der Waals surface area (Å²) >= 11 is 0. The molecule has 0 radical (unpaired) electrons. The number of carboxylic acid groups (broad SMARTS) is 1. The number of aliphatic carboxylic acids is 1. The summed E-state index contributed by atoms with van der Waals surface area (Å²) in [6.07, 6.45) is 1.13. The van der Waals surface area contributed by atoms with Crippen molar-refractivity contribution in [3.05, 3.63) is 23.4 Å². The minimum atomic E-state index is -1.04. The molecule has 0 spiro atoms. The Bertz CT molecular complexity index is 492. The highest BCUT2D eigenvalue weighted by Gasteiger charge is 2.09. The highest BCUT2D eigenvalue weighted by atomic mass is 16.4. The second kappa shape index (κ2) is 8.64. The van der Waals surface area contributed by atoms with Crippen LogP contribution in [0, 0.1) is 18.3 Å². The first-order valence-corrected chi connectivity index (χ1v) is 5.91. The normalized spacial score (nSPS) is 8.74. The molecular weight excluding hydrogens is 246 g/mol. The molecule has 1 rings (SSSR count). The number of carboxylic acids is 1. The molecular formula is C13H17N3O3. The highest BCUT2D eigenvalue weighted by molar-refractivity contribution is 5.92. The van der Waals surface area contributed by atoms with Gasteiger partial charge in [-0.3, -0.25) is 9.59 Å². The van der Waals surface area contributed by atoms with Crippen molar-refractivity contribution < 1.29 is 14.7 Å². The van der Waals surface area contributed by atoms with Gasteiger partial charge in [0.25, 0.3) is 0 Å². The van der Waals surface area contributed by atoms with E-state index in [2.05, 4.69) is 10.3 Å². The summed E-state index contributed by atoms with van der Waals surface area (Å²) < 4.78 is 0. The summed E-state index contributed by atoms with van der Waals surface area (Å²) in [4.78, 5) is 25.5. The number of carbonyl (C=O) groups excluding carboxylic acids is 1. The Morgan fingerprint density at radius 3 is 2.58 bits per heavy atom. The molecule has 0 unspecified atom stereocenters. The van der Waals surface area contributed by atoms with Gasteiger partial charge < -0.3 is 10.4 Å². The van der Waals surface area contributed by atoms with Crippen LogP contribution in [0.5, 0.6) is 0 Å². The number of rotatable bonds is 4. The minimum Gasteiger partial charge on any atom is -0.481 e. The van der Waals surface area contributed by atoms with Crippen LogP contribution in [-0.2, 0) is 9.59 Å². The van der Waals surface area contributed by atoms with Crippen molar-refractivity contribution in [3.63, 3.8) is 0 Å². The predicted molar refractivity (Wildman–Crippen MR) is 70.5 cm³/mol. The van der Waals surface area contributed by atoms with Crippen molar-refractivity contribution in [1.82, 2.24) is 4.98 Å². The van der Waals surface area contributed by atoms with Gasteiger partial charge >= 0.3 is 5.97 Å². The standard InChI is InChI=1S/C11H11N3O3.C2H6/c1-7-4-8(5-12)11(13-6-7)14-9(15)2-3-10(16)17;1-2/h4,6H,2-3H2,1H3,(H,16,17)(H,13,14,15);1-2H3. The van der Waals surface area contributed by atoms with Crippen molar-refractivity contribution >= 4 is 17.7 Å². The summed E-state index contributed by atoms with van der Waals surface area (Å²) in [6, 6.07) is 3.51. The maximum Gasteiger partial charge on any atom is 0.303 e. The highest BCUT2D eigenvalue weighted by Crippen LogP contribution is 2.12. The quantitative estimate of drug-likeness (QED) is 0.865. The Morgan fingerprint density at radius 2 is 2.05 bits per heavy atom. The van der Waals surface area contributed by atoms with Crippen LogP contribution in [0.3, 0.4) is 0 Å². The number of nitriles is 1. The predicted octanol–water partition coefficient (Wildman–Crippen LogP) is 2.09. The number of nitrogens with one attached hydrogen (secondary N) is 1. The molecule has 0 saturated carbocycles. The van der Waals surface area contributed by atoms with Crippen LogP contribution >= 0.6 is 0 Å². The van der Waals surface area contributed by atoms with E-state index in [1.165, 1.54) is 6.20 Å². The van der Waals surface area contributed by atoms with Crippen molar-refractivity contribution in [3.8, 4) is 6.07 Å². The Balaban J connectivity index is 0.00000154. The lowest BCUT2D eigenvalue weighted by atomic mass is 10.2. The van der Waals surface area contributed by atoms with Gasteiger partial charge in [-0.2, -0.15) is 5.26 Å². The SMILES string of the molecule is CC.Cc1cnc(NC(=O)CCC(=O)O)c(C#N)c1. The van der Waals surface area contributed by atoms with Gasteiger partial charge in [0, 0.05) is 12.6 Å². The van der Waals surface area contributed by atoms with E-state index in [-0.39, 0.29) is 24.2 Å². The fourth-order valence-corrected chi connectivity index (χ4v) is 1.17. The van der Waals surface area contributed by atoms with E-state index in [0.717, 1.165) is 5.56 Å². The van der Waals surface area contributed by atoms with Crippen molar-refractivity contribution in [2.75, 3.05) is 5.32 Å². The van der Waals surface area contributed by atoms with Crippen LogP contribution in [0.25, 0.3) is 0 Å². The molecule has 6 nitrogen and oxygen atoms in total. The van der Waals surface area contributed by atoms with Gasteiger partial charge in [0.15, 0.2) is 0 Å². The topological polar surface area (TPSA) is 103 Å². The first-order chi connectivity index (χ1) is 9.02. The number of nitrogens with zero attached hydrogens (tertiary/aromatic N) is 2. The molecule has 0 saturated heterocycles. The Labute approximate surface area is 112 Å². The molecule has 0 aliphatic rings. The van der Waals surface area contributed by atoms with Gasteiger partial charge in [0.05, 0.1) is 12.0 Å². The maximum absolute atomic E-state index is 11.3. The lowest BCUT2D eigenvalue weighted by Crippen LogP contribution is -2.15. The van der Waals surface area contributed by atoms with Gasteiger partial charge in [-0.15, -0.1) is 0 Å². The number of amides is 1. The van der Waals surface area contributed by atoms with E-state index in [4.69, 9.17) is 10.4 Å². The molecule has 1 aromatic heterocycles. The van der Waals surface area contributed by atoms with E-state index >= 15 is 0 Å². The third-order valence-corrected chi connectivity index (χ3v) is 1.97. The number of anilines is 1. The van der Waals surface area contributed by atoms with Crippen molar-refractivity contribution in [2.24, 2.45) is 0 Å². The summed E-state index contributed by atoms with van der Waals surface area (Å²) in [6.45, 7) is 5.78. The number of hydrogen-bond donors (Lipinski definition) is 2. The second-order valence-electron chi connectivity index (χ2n) is 3.46. The van der Waals surface area contributed by atoms with E-state index in [0.29, 0.717) is 0 Å². The minimum absolute atomic E-state index is 0.143. The van der Waals surface area contributed by atoms with Crippen LogP contribution in [0.1, 0.15) is 37.8 Å². The summed E-state index contributed by atoms with van der Waals surface area (Å²) in [7, 11) is 0. The molecule has 1 amide bonds. The molecule has 0 aromatic carbocycles. The monoisotopic (exact) mass is 263 g/mol. The average Bonchev–Trinajstić information content (AvgIpc) is 2.40. The lowest BCUT2D eigenvalue weighted by molar-refractivity contribution is -0.138. The van der Waals surface area contributed by atoms with Crippen LogP contribution in [0.2, 0.25) is 0 Å². The third kappa shape index (κ3) is 6.17. The number of carbonyl (C=O) groups is 2. The van der Waals surface area contributed by atoms with Crippen LogP contribution in [-0.4, -0.2) is 22.0 Å². The molecule has 1 aromatic rings. The summed E-state index contributed by atoms with van der Waals surface area (Å²) in [5.74, 6) is -1.36. The van der Waals surface area contributed by atoms with E-state index in [1.54, 1.807) is 13.0 Å². The van der Waals surface area contributed by atoms with Crippen LogP contribution in [0.15, 0.2) is 12.3 Å². The zero-order chi connectivity index (χ0) is 14.8. The van der Waals surface area contributed by atoms with Gasteiger partial charge in [-0.05, 0) is 18.6 Å². The van der Waals surface area contributed by atoms with Crippen molar-refractivity contribution in [2.45, 2.75) is 33.6 Å². The zero-order valence-corrected chi connectivity index (χ0v) is 11.2. The van der Waals surface area contributed by atoms with E-state index in [1.807, 2.05) is 19.9 Å². The van der Waals surface area contributed by atoms with Crippen molar-refractivity contribution in [1.29, 1.82) is 5.26 Å². The fourth-order valence-electron chi connectivity index (χ4n) is 1.17. The molecule has 0 atom stereocenters. The molecule has 6 heteroatoms. The van der Waals surface area contributed by atoms with Crippen LogP contribution in [0.4, 0.5) is 5.82 Å². The number of aryl methyl sites for hydroxylation is 1. The van der Waals surface area contributed by atoms with Gasteiger partial charge in [0.1, 0.15) is 11.9 Å². The average molecular weight is 263 g/mol. The number of hydrogen-bond acceptors (Lipinski definition) is 4. The van der Waals surface area contributed by atoms with Crippen LogP contribution < -0.4 is 5.32 Å². The first kappa shape index (κ1) is 16.6. The number of aromatic nitrogens is 1. The molecule has 0 aliphatic heterocycles. The Kier molecular flexibility index (Phi) is 7.54. The van der Waals surface area contributed by atoms with Gasteiger partial charge in [0.2, 0.25) is 5.91 Å². The summed E-state index contributed by atoms with van der Waals surface area (Å²) in [5.41, 5.74) is 1.07. The fraction of sp³-hybridized carbons (Fsp3) is 0.385. The zero-order valence-electron chi connectivity index (χ0n) is 11.2. The molecule has 0 bridgehead atoms. The molecule has 19 heavy (non-hydrogen) atoms. The van der Waals surface area contributed by atoms with Gasteiger partial charge in [-0.25, -0.2) is 4.98 Å². The molecule has 0 aliphatic carbocycles. The van der Waals surface area contributed by atoms with Gasteiger partial charge in [-0.1, -0.05) is 13.8 Å². The van der Waals surface area contributed by atoms with E-state index < -0.39 is 11.9 Å². The Morgan fingerprint density at radius 1 is 1.42 bits per heavy atom. The number of pyridine rings is 1. The summed E-state index contributed by atoms with van der Waals surface area (Å²) in [5, 5.41) is 19.7.